The molecule has 0 aliphatic carbocycles. The molecule has 3 rings (SSSR count). The van der Waals surface area contributed by atoms with E-state index in [0.29, 0.717) is 36.2 Å². The van der Waals surface area contributed by atoms with Gasteiger partial charge in [-0.15, -0.1) is 0 Å². The summed E-state index contributed by atoms with van der Waals surface area (Å²) in [5.74, 6) is 1.10. The van der Waals surface area contributed by atoms with E-state index in [1.54, 1.807) is 29.4 Å². The van der Waals surface area contributed by atoms with Crippen molar-refractivity contribution in [3.05, 3.63) is 59.4 Å². The second-order valence-electron chi connectivity index (χ2n) is 5.06. The van der Waals surface area contributed by atoms with Crippen molar-refractivity contribution in [2.45, 2.75) is 0 Å². The highest BCUT2D eigenvalue weighted by molar-refractivity contribution is 6.33. The molecule has 1 saturated heterocycles. The van der Waals surface area contributed by atoms with Crippen LogP contribution in [-0.2, 0) is 0 Å². The third-order valence-electron chi connectivity index (χ3n) is 3.47. The highest BCUT2D eigenvalue weighted by Gasteiger charge is 2.32. The molecule has 0 atom stereocenters. The second kappa shape index (κ2) is 6.14. The molecule has 1 amide bonds. The molecule has 5 heteroatoms. The van der Waals surface area contributed by atoms with E-state index in [0.717, 1.165) is 5.75 Å². The quantitative estimate of drug-likeness (QED) is 0.872. The van der Waals surface area contributed by atoms with E-state index in [1.165, 1.54) is 0 Å². The second-order valence-corrected chi connectivity index (χ2v) is 5.46. The molecule has 0 unspecified atom stereocenters. The van der Waals surface area contributed by atoms with Crippen LogP contribution in [0.2, 0.25) is 5.02 Å². The van der Waals surface area contributed by atoms with Gasteiger partial charge in [0.15, 0.2) is 0 Å². The molecular weight excluding hydrogens is 288 g/mol. The van der Waals surface area contributed by atoms with Crippen LogP contribution in [0, 0.1) is 5.92 Å². The predicted molar refractivity (Wildman–Crippen MR) is 80.6 cm³/mol. The van der Waals surface area contributed by atoms with Gasteiger partial charge in [-0.1, -0.05) is 23.7 Å². The lowest BCUT2D eigenvalue weighted by Crippen LogP contribution is -2.52. The predicted octanol–water partition coefficient (Wildman–Crippen LogP) is 2.89. The fourth-order valence-corrected chi connectivity index (χ4v) is 2.51. The van der Waals surface area contributed by atoms with Gasteiger partial charge in [0, 0.05) is 25.2 Å². The van der Waals surface area contributed by atoms with Crippen molar-refractivity contribution in [2.75, 3.05) is 19.7 Å². The Hall–Kier alpha value is -2.07. The number of nitrogens with zero attached hydrogens (tertiary/aromatic N) is 2. The van der Waals surface area contributed by atoms with Crippen molar-refractivity contribution in [1.82, 2.24) is 9.88 Å². The van der Waals surface area contributed by atoms with Crippen molar-refractivity contribution < 1.29 is 9.53 Å². The number of pyridine rings is 1. The van der Waals surface area contributed by atoms with Crippen LogP contribution in [0.25, 0.3) is 0 Å². The molecule has 1 aromatic carbocycles. The molecular formula is C16H15ClN2O2. The van der Waals surface area contributed by atoms with Crippen LogP contribution >= 0.6 is 11.6 Å². The number of halogens is 1. The molecule has 2 heterocycles. The summed E-state index contributed by atoms with van der Waals surface area (Å²) in [6.45, 7) is 1.99. The molecule has 0 N–H and O–H groups in total. The molecule has 0 bridgehead atoms. The van der Waals surface area contributed by atoms with Gasteiger partial charge in [0.1, 0.15) is 5.75 Å². The number of hydrogen-bond donors (Lipinski definition) is 0. The van der Waals surface area contributed by atoms with Gasteiger partial charge in [0.2, 0.25) is 0 Å². The first-order valence-electron chi connectivity index (χ1n) is 6.80. The Morgan fingerprint density at radius 2 is 2.10 bits per heavy atom. The van der Waals surface area contributed by atoms with Gasteiger partial charge in [0.05, 0.1) is 23.4 Å². The van der Waals surface area contributed by atoms with E-state index < -0.39 is 0 Å². The maximum absolute atomic E-state index is 12.3. The summed E-state index contributed by atoms with van der Waals surface area (Å²) in [4.78, 5) is 18.0. The van der Waals surface area contributed by atoms with E-state index in [2.05, 4.69) is 4.98 Å². The van der Waals surface area contributed by atoms with E-state index in [-0.39, 0.29) is 5.91 Å². The SMILES string of the molecule is O=C(c1ccccc1Cl)N1CC(COc2cccnc2)C1. The molecule has 21 heavy (non-hydrogen) atoms. The minimum absolute atomic E-state index is 0.0155. The normalized spacial score (nSPS) is 14.6. The summed E-state index contributed by atoms with van der Waals surface area (Å²) in [6.07, 6.45) is 3.39. The van der Waals surface area contributed by atoms with Crippen LogP contribution < -0.4 is 4.74 Å². The van der Waals surface area contributed by atoms with Crippen molar-refractivity contribution in [1.29, 1.82) is 0 Å². The first-order chi connectivity index (χ1) is 10.2. The summed E-state index contributed by atoms with van der Waals surface area (Å²) in [7, 11) is 0. The maximum Gasteiger partial charge on any atom is 0.255 e. The van der Waals surface area contributed by atoms with Crippen LogP contribution in [0.4, 0.5) is 0 Å². The standard InChI is InChI=1S/C16H15ClN2O2/c17-15-6-2-1-5-14(15)16(20)19-9-12(10-19)11-21-13-4-3-7-18-8-13/h1-8,12H,9-11H2. The lowest BCUT2D eigenvalue weighted by atomic mass is 10.00. The zero-order chi connectivity index (χ0) is 14.7. The number of rotatable bonds is 4. The van der Waals surface area contributed by atoms with Gasteiger partial charge in [-0.25, -0.2) is 0 Å². The Labute approximate surface area is 128 Å². The Kier molecular flexibility index (Phi) is 4.06. The molecule has 0 spiro atoms. The molecule has 108 valence electrons. The molecule has 1 aromatic heterocycles. The summed E-state index contributed by atoms with van der Waals surface area (Å²) < 4.78 is 5.64. The fourth-order valence-electron chi connectivity index (χ4n) is 2.29. The fraction of sp³-hybridized carbons (Fsp3) is 0.250. The Morgan fingerprint density at radius 1 is 1.29 bits per heavy atom. The molecule has 2 aromatic rings. The number of hydrogen-bond acceptors (Lipinski definition) is 3. The van der Waals surface area contributed by atoms with Crippen molar-refractivity contribution in [3.63, 3.8) is 0 Å². The number of ether oxygens (including phenoxy) is 1. The van der Waals surface area contributed by atoms with Gasteiger partial charge >= 0.3 is 0 Å². The molecule has 1 fully saturated rings. The van der Waals surface area contributed by atoms with Crippen LogP contribution in [0.15, 0.2) is 48.8 Å². The number of likely N-dealkylation sites (tertiary alicyclic amines) is 1. The highest BCUT2D eigenvalue weighted by atomic mass is 35.5. The van der Waals surface area contributed by atoms with E-state index >= 15 is 0 Å². The lowest BCUT2D eigenvalue weighted by molar-refractivity contribution is 0.0393. The zero-order valence-corrected chi connectivity index (χ0v) is 12.2. The highest BCUT2D eigenvalue weighted by Crippen LogP contribution is 2.23. The number of carbonyl (C=O) groups excluding carboxylic acids is 1. The Balaban J connectivity index is 1.50. The first-order valence-corrected chi connectivity index (χ1v) is 7.18. The summed E-state index contributed by atoms with van der Waals surface area (Å²) >= 11 is 6.04. The van der Waals surface area contributed by atoms with Crippen molar-refractivity contribution in [2.24, 2.45) is 5.92 Å². The third kappa shape index (κ3) is 3.16. The van der Waals surface area contributed by atoms with Gasteiger partial charge in [-0.05, 0) is 24.3 Å². The van der Waals surface area contributed by atoms with Crippen molar-refractivity contribution in [3.8, 4) is 5.75 Å². The van der Waals surface area contributed by atoms with Crippen LogP contribution in [0.1, 0.15) is 10.4 Å². The van der Waals surface area contributed by atoms with Gasteiger partial charge in [0.25, 0.3) is 5.91 Å². The zero-order valence-electron chi connectivity index (χ0n) is 11.4. The average Bonchev–Trinajstić information content (AvgIpc) is 2.47. The number of amides is 1. The summed E-state index contributed by atoms with van der Waals surface area (Å²) in [5, 5.41) is 0.498. The number of aromatic nitrogens is 1. The smallest absolute Gasteiger partial charge is 0.255 e. The topological polar surface area (TPSA) is 42.4 Å². The minimum atomic E-state index is -0.0155. The molecule has 1 aliphatic rings. The third-order valence-corrected chi connectivity index (χ3v) is 3.80. The van der Waals surface area contributed by atoms with Crippen LogP contribution in [0.3, 0.4) is 0 Å². The average molecular weight is 303 g/mol. The first kappa shape index (κ1) is 13.9. The number of benzene rings is 1. The van der Waals surface area contributed by atoms with Gasteiger partial charge in [-0.3, -0.25) is 9.78 Å². The lowest BCUT2D eigenvalue weighted by Gasteiger charge is -2.39. The molecule has 1 aliphatic heterocycles. The van der Waals surface area contributed by atoms with Crippen molar-refractivity contribution >= 4 is 17.5 Å². The molecule has 0 saturated carbocycles. The van der Waals surface area contributed by atoms with Crippen LogP contribution in [0.5, 0.6) is 5.75 Å². The Morgan fingerprint density at radius 3 is 2.81 bits per heavy atom. The van der Waals surface area contributed by atoms with E-state index in [4.69, 9.17) is 16.3 Å². The van der Waals surface area contributed by atoms with E-state index in [9.17, 15) is 4.79 Å². The monoisotopic (exact) mass is 302 g/mol. The summed E-state index contributed by atoms with van der Waals surface area (Å²) in [6, 6.07) is 10.8. The Bertz CT molecular complexity index is 627. The minimum Gasteiger partial charge on any atom is -0.492 e. The molecule has 4 nitrogen and oxygen atoms in total. The van der Waals surface area contributed by atoms with E-state index in [1.807, 2.05) is 24.3 Å². The maximum atomic E-state index is 12.3. The number of carbonyl (C=O) groups is 1. The largest absolute Gasteiger partial charge is 0.492 e. The van der Waals surface area contributed by atoms with Crippen LogP contribution in [-0.4, -0.2) is 35.5 Å². The molecule has 0 radical (unpaired) electrons. The van der Waals surface area contributed by atoms with Gasteiger partial charge < -0.3 is 9.64 Å². The van der Waals surface area contributed by atoms with Gasteiger partial charge in [-0.2, -0.15) is 0 Å². The summed E-state index contributed by atoms with van der Waals surface area (Å²) in [5.41, 5.74) is 0.561.